The number of fused-ring (bicyclic) bond motifs is 2. The van der Waals surface area contributed by atoms with Gasteiger partial charge in [0.15, 0.2) is 11.5 Å². The van der Waals surface area contributed by atoms with E-state index >= 15 is 0 Å². The second kappa shape index (κ2) is 5.25. The number of likely N-dealkylation sites (N-methyl/N-ethyl adjacent to an activating group) is 1. The smallest absolute Gasteiger partial charge is 0.244 e. The van der Waals surface area contributed by atoms with Gasteiger partial charge in [0.1, 0.15) is 4.90 Å². The number of methoxy groups -OCH3 is 1. The van der Waals surface area contributed by atoms with Crippen LogP contribution in [0.2, 0.25) is 0 Å². The molecule has 4 rings (SSSR count). The molecule has 1 fully saturated rings. The maximum atomic E-state index is 12.9. The van der Waals surface area contributed by atoms with Crippen LogP contribution in [0.15, 0.2) is 4.90 Å². The Labute approximate surface area is 135 Å². The number of nitrogens with one attached hydrogen (secondary N) is 1. The first-order valence-corrected chi connectivity index (χ1v) is 9.21. The molecule has 0 saturated heterocycles. The van der Waals surface area contributed by atoms with Gasteiger partial charge in [-0.05, 0) is 31.9 Å². The largest absolute Gasteiger partial charge is 0.492 e. The van der Waals surface area contributed by atoms with Crippen LogP contribution in [0.5, 0.6) is 17.2 Å². The summed E-state index contributed by atoms with van der Waals surface area (Å²) in [4.78, 5) is 2.37. The first-order chi connectivity index (χ1) is 11.0. The number of hydrogen-bond donors (Lipinski definition) is 1. The van der Waals surface area contributed by atoms with Crippen LogP contribution in [0.25, 0.3) is 0 Å². The van der Waals surface area contributed by atoms with Gasteiger partial charge in [0.25, 0.3) is 0 Å². The Morgan fingerprint density at radius 2 is 1.96 bits per heavy atom. The third-order valence-corrected chi connectivity index (χ3v) is 6.09. The third-order valence-electron chi connectivity index (χ3n) is 4.48. The number of benzene rings is 1. The summed E-state index contributed by atoms with van der Waals surface area (Å²) in [6.45, 7) is 1.43. The lowest BCUT2D eigenvalue weighted by atomic mass is 9.97. The van der Waals surface area contributed by atoms with Crippen LogP contribution >= 0.6 is 0 Å². The van der Waals surface area contributed by atoms with Gasteiger partial charge in [-0.25, -0.2) is 13.1 Å². The summed E-state index contributed by atoms with van der Waals surface area (Å²) in [6, 6.07) is 0.0435. The monoisotopic (exact) mass is 340 g/mol. The summed E-state index contributed by atoms with van der Waals surface area (Å²) in [5.74, 6) is 1.28. The average molecular weight is 340 g/mol. The van der Waals surface area contributed by atoms with Crippen molar-refractivity contribution in [3.8, 4) is 17.2 Å². The fourth-order valence-corrected chi connectivity index (χ4v) is 4.96. The lowest BCUT2D eigenvalue weighted by Gasteiger charge is -2.29. The summed E-state index contributed by atoms with van der Waals surface area (Å²) in [7, 11) is -0.0595. The molecular weight excluding hydrogens is 320 g/mol. The van der Waals surface area contributed by atoms with Gasteiger partial charge < -0.3 is 19.1 Å². The molecule has 0 aromatic heterocycles. The van der Waals surface area contributed by atoms with Crippen molar-refractivity contribution in [2.45, 2.75) is 36.7 Å². The lowest BCUT2D eigenvalue weighted by Crippen LogP contribution is -2.32. The van der Waals surface area contributed by atoms with Gasteiger partial charge in [-0.15, -0.1) is 0 Å². The van der Waals surface area contributed by atoms with Crippen LogP contribution in [0.3, 0.4) is 0 Å². The zero-order valence-electron chi connectivity index (χ0n) is 13.2. The number of hydrogen-bond acceptors (Lipinski definition) is 6. The van der Waals surface area contributed by atoms with Gasteiger partial charge in [-0.2, -0.15) is 0 Å². The molecule has 126 valence electrons. The highest BCUT2D eigenvalue weighted by atomic mass is 32.2. The topological polar surface area (TPSA) is 77.1 Å². The molecule has 0 bridgehead atoms. The second-order valence-corrected chi connectivity index (χ2v) is 7.92. The number of sulfonamides is 1. The molecule has 1 aromatic carbocycles. The molecule has 0 spiro atoms. The highest BCUT2D eigenvalue weighted by molar-refractivity contribution is 7.89. The predicted molar refractivity (Wildman–Crippen MR) is 82.5 cm³/mol. The van der Waals surface area contributed by atoms with E-state index in [1.54, 1.807) is 7.11 Å². The molecule has 1 saturated carbocycles. The molecule has 7 nitrogen and oxygen atoms in total. The molecule has 0 unspecified atom stereocenters. The lowest BCUT2D eigenvalue weighted by molar-refractivity contribution is 0.169. The highest BCUT2D eigenvalue weighted by Gasteiger charge is 2.39. The summed E-state index contributed by atoms with van der Waals surface area (Å²) in [6.07, 6.45) is 2.42. The first kappa shape index (κ1) is 15.0. The number of rotatable bonds is 4. The van der Waals surface area contributed by atoms with Gasteiger partial charge in [-0.1, -0.05) is 0 Å². The third kappa shape index (κ3) is 2.45. The average Bonchev–Trinajstić information content (AvgIpc) is 3.17. The maximum Gasteiger partial charge on any atom is 0.244 e. The van der Waals surface area contributed by atoms with Crippen molar-refractivity contribution in [3.05, 3.63) is 11.1 Å². The number of nitrogens with zero attached hydrogens (tertiary/aromatic N) is 1. The zero-order valence-corrected chi connectivity index (χ0v) is 14.0. The van der Waals surface area contributed by atoms with Crippen molar-refractivity contribution >= 4 is 10.0 Å². The molecule has 8 heteroatoms. The fourth-order valence-electron chi connectivity index (χ4n) is 3.23. The van der Waals surface area contributed by atoms with E-state index < -0.39 is 10.0 Å². The van der Waals surface area contributed by atoms with Gasteiger partial charge >= 0.3 is 0 Å². The molecule has 1 aliphatic carbocycles. The van der Waals surface area contributed by atoms with Gasteiger partial charge in [0.05, 0.1) is 7.11 Å². The predicted octanol–water partition coefficient (Wildman–Crippen LogP) is 0.852. The summed E-state index contributed by atoms with van der Waals surface area (Å²) < 4.78 is 45.1. The van der Waals surface area contributed by atoms with Crippen molar-refractivity contribution < 1.29 is 22.6 Å². The normalized spacial score (nSPS) is 20.4. The molecule has 1 aromatic rings. The molecule has 2 aliphatic heterocycles. The van der Waals surface area contributed by atoms with Crippen LogP contribution in [0.4, 0.5) is 0 Å². The number of ether oxygens (including phenoxy) is 3. The van der Waals surface area contributed by atoms with Crippen molar-refractivity contribution in [2.75, 3.05) is 27.5 Å². The summed E-state index contributed by atoms with van der Waals surface area (Å²) >= 11 is 0. The molecule has 1 N–H and O–H groups in total. The minimum atomic E-state index is -3.64. The van der Waals surface area contributed by atoms with E-state index in [0.29, 0.717) is 30.2 Å². The molecule has 2 heterocycles. The second-order valence-electron chi connectivity index (χ2n) is 6.27. The van der Waals surface area contributed by atoms with Crippen LogP contribution < -0.4 is 18.9 Å². The van der Waals surface area contributed by atoms with E-state index in [-0.39, 0.29) is 17.7 Å². The van der Waals surface area contributed by atoms with E-state index in [9.17, 15) is 8.42 Å². The molecular formula is C15H20N2O5S. The van der Waals surface area contributed by atoms with E-state index in [1.807, 2.05) is 7.05 Å². The molecule has 0 amide bonds. The van der Waals surface area contributed by atoms with Crippen LogP contribution in [0, 0.1) is 0 Å². The molecule has 23 heavy (non-hydrogen) atoms. The zero-order chi connectivity index (χ0) is 16.2. The van der Waals surface area contributed by atoms with Gasteiger partial charge in [-0.3, -0.25) is 0 Å². The van der Waals surface area contributed by atoms with Crippen molar-refractivity contribution in [2.24, 2.45) is 0 Å². The Hall–Kier alpha value is -1.51. The Kier molecular flexibility index (Phi) is 3.44. The van der Waals surface area contributed by atoms with Crippen LogP contribution in [-0.4, -0.2) is 46.9 Å². The van der Waals surface area contributed by atoms with Crippen LogP contribution in [-0.2, 0) is 23.0 Å². The van der Waals surface area contributed by atoms with Crippen molar-refractivity contribution in [1.29, 1.82) is 0 Å². The van der Waals surface area contributed by atoms with E-state index in [1.165, 1.54) is 0 Å². The fraction of sp³-hybridized carbons (Fsp3) is 0.600. The summed E-state index contributed by atoms with van der Waals surface area (Å²) in [5, 5.41) is 0. The SMILES string of the molecule is COc1c2c(c(S(=O)(=O)NC3CC3)c3c1OCO3)CCN(C)C2. The Balaban J connectivity index is 1.94. The first-order valence-electron chi connectivity index (χ1n) is 7.73. The Morgan fingerprint density at radius 1 is 1.22 bits per heavy atom. The van der Waals surface area contributed by atoms with E-state index in [4.69, 9.17) is 14.2 Å². The minimum absolute atomic E-state index is 0.0103. The van der Waals surface area contributed by atoms with Crippen molar-refractivity contribution in [1.82, 2.24) is 9.62 Å². The molecule has 3 aliphatic rings. The standard InChI is InChI=1S/C15H20N2O5S/c1-17-6-5-10-11(7-17)12(20-2)13-14(22-8-21-13)15(10)23(18,19)16-9-3-4-9/h9,16H,3-8H2,1-2H3. The van der Waals surface area contributed by atoms with Gasteiger partial charge in [0.2, 0.25) is 22.6 Å². The van der Waals surface area contributed by atoms with Gasteiger partial charge in [0, 0.05) is 24.7 Å². The highest BCUT2D eigenvalue weighted by Crippen LogP contribution is 2.51. The maximum absolute atomic E-state index is 12.9. The quantitative estimate of drug-likeness (QED) is 0.876. The minimum Gasteiger partial charge on any atom is -0.492 e. The molecule has 0 radical (unpaired) electrons. The van der Waals surface area contributed by atoms with Crippen molar-refractivity contribution in [3.63, 3.8) is 0 Å². The Morgan fingerprint density at radius 3 is 2.65 bits per heavy atom. The Bertz CT molecular complexity index is 758. The van der Waals surface area contributed by atoms with E-state index in [0.717, 1.165) is 30.5 Å². The summed E-state index contributed by atoms with van der Waals surface area (Å²) in [5.41, 5.74) is 1.67. The van der Waals surface area contributed by atoms with E-state index in [2.05, 4.69) is 9.62 Å². The van der Waals surface area contributed by atoms with Crippen LogP contribution in [0.1, 0.15) is 24.0 Å². The molecule has 0 atom stereocenters.